The van der Waals surface area contributed by atoms with Crippen molar-refractivity contribution in [2.24, 2.45) is 16.9 Å². The number of rotatable bonds is 15. The summed E-state index contributed by atoms with van der Waals surface area (Å²) in [5.74, 6) is 4.04. The Morgan fingerprint density at radius 3 is 2.74 bits per heavy atom. The minimum atomic E-state index is -1.03. The number of amides is 4. The van der Waals surface area contributed by atoms with E-state index in [2.05, 4.69) is 31.0 Å². The number of carbonyl (C=O) groups excluding carboxylic acids is 4. The molecule has 0 unspecified atom stereocenters. The molecule has 2 fully saturated rings. The summed E-state index contributed by atoms with van der Waals surface area (Å²) >= 11 is 0. The first kappa shape index (κ1) is 29.7. The summed E-state index contributed by atoms with van der Waals surface area (Å²) < 4.78 is 4.97. The van der Waals surface area contributed by atoms with Gasteiger partial charge in [-0.3, -0.25) is 24.2 Å². The molecule has 4 amide bonds. The van der Waals surface area contributed by atoms with Gasteiger partial charge in [0, 0.05) is 64.7 Å². The molecule has 3 rings (SSSR count). The van der Waals surface area contributed by atoms with Crippen molar-refractivity contribution in [1.82, 2.24) is 35.7 Å². The second-order valence-corrected chi connectivity index (χ2v) is 9.75. The third kappa shape index (κ3) is 10.1. The smallest absolute Gasteiger partial charge is 0.271 e. The van der Waals surface area contributed by atoms with Crippen LogP contribution in [0.1, 0.15) is 49.0 Å². The molecule has 0 aromatic carbocycles. The second-order valence-electron chi connectivity index (χ2n) is 9.75. The first-order valence-corrected chi connectivity index (χ1v) is 13.3. The Morgan fingerprint density at radius 1 is 1.23 bits per heavy atom. The van der Waals surface area contributed by atoms with Gasteiger partial charge in [-0.05, 0) is 31.6 Å². The van der Waals surface area contributed by atoms with Crippen LogP contribution in [-0.2, 0) is 19.1 Å². The van der Waals surface area contributed by atoms with Crippen LogP contribution in [0.25, 0.3) is 0 Å². The number of carbonyl (C=O) groups is 4. The van der Waals surface area contributed by atoms with E-state index in [0.29, 0.717) is 6.54 Å². The summed E-state index contributed by atoms with van der Waals surface area (Å²) in [5, 5.41) is 12.0. The number of aromatic nitrogens is 2. The molecule has 1 saturated carbocycles. The van der Waals surface area contributed by atoms with Crippen LogP contribution in [0.15, 0.2) is 23.7 Å². The van der Waals surface area contributed by atoms with E-state index in [4.69, 9.17) is 10.6 Å². The molecule has 0 bridgehead atoms. The van der Waals surface area contributed by atoms with E-state index in [-0.39, 0.29) is 67.9 Å². The van der Waals surface area contributed by atoms with Crippen molar-refractivity contribution in [2.45, 2.75) is 50.6 Å². The lowest BCUT2D eigenvalue weighted by molar-refractivity contribution is -0.139. The Balaban J connectivity index is 1.57. The van der Waals surface area contributed by atoms with Crippen molar-refractivity contribution >= 4 is 30.0 Å². The van der Waals surface area contributed by atoms with Gasteiger partial charge in [0.2, 0.25) is 17.7 Å². The van der Waals surface area contributed by atoms with E-state index >= 15 is 0 Å². The lowest BCUT2D eigenvalue weighted by Crippen LogP contribution is -2.53. The molecule has 2 heterocycles. The van der Waals surface area contributed by atoms with Gasteiger partial charge >= 0.3 is 0 Å². The van der Waals surface area contributed by atoms with E-state index in [1.807, 2.05) is 4.90 Å². The predicted molar refractivity (Wildman–Crippen MR) is 142 cm³/mol. The number of nitrogens with zero attached hydrogens (tertiary/aromatic N) is 5. The van der Waals surface area contributed by atoms with Gasteiger partial charge in [0.05, 0.1) is 19.2 Å². The van der Waals surface area contributed by atoms with Crippen LogP contribution < -0.4 is 21.8 Å². The molecule has 0 spiro atoms. The van der Waals surface area contributed by atoms with Crippen LogP contribution in [0.4, 0.5) is 0 Å². The van der Waals surface area contributed by atoms with Gasteiger partial charge in [-0.15, -0.1) is 0 Å². The average molecular weight is 546 g/mol. The number of ether oxygens (including phenoxy) is 1. The van der Waals surface area contributed by atoms with Crippen molar-refractivity contribution < 1.29 is 23.9 Å². The molecule has 1 aromatic heterocycles. The van der Waals surface area contributed by atoms with E-state index in [1.165, 1.54) is 25.7 Å². The number of nitrogens with two attached hydrogens (primary N) is 1. The van der Waals surface area contributed by atoms with Crippen LogP contribution in [0.5, 0.6) is 0 Å². The number of hydrogen-bond donors (Lipinski definition) is 4. The fraction of sp³-hybridized carbons (Fsp3) is 0.640. The third-order valence-corrected chi connectivity index (χ3v) is 6.63. The number of hydrazone groups is 1. The van der Waals surface area contributed by atoms with E-state index in [0.717, 1.165) is 38.8 Å². The summed E-state index contributed by atoms with van der Waals surface area (Å²) in [7, 11) is 1.49. The van der Waals surface area contributed by atoms with Crippen LogP contribution in [-0.4, -0.2) is 108 Å². The minimum Gasteiger partial charge on any atom is -0.384 e. The topological polar surface area (TPSA) is 184 Å². The Hall–Kier alpha value is -3.81. The highest BCUT2D eigenvalue weighted by atomic mass is 16.5. The van der Waals surface area contributed by atoms with Crippen molar-refractivity contribution in [2.75, 3.05) is 46.4 Å². The minimum absolute atomic E-state index is 0.00443. The number of methoxy groups -OCH3 is 1. The van der Waals surface area contributed by atoms with E-state index in [9.17, 15) is 19.2 Å². The van der Waals surface area contributed by atoms with Crippen molar-refractivity contribution in [1.29, 1.82) is 0 Å². The van der Waals surface area contributed by atoms with Gasteiger partial charge in [0.25, 0.3) is 5.91 Å². The maximum atomic E-state index is 13.6. The third-order valence-electron chi connectivity index (χ3n) is 6.63. The fourth-order valence-corrected chi connectivity index (χ4v) is 4.50. The molecule has 214 valence electrons. The lowest BCUT2D eigenvalue weighted by atomic mass is 9.98. The first-order chi connectivity index (χ1) is 18.9. The second kappa shape index (κ2) is 15.6. The highest BCUT2D eigenvalue weighted by molar-refractivity contribution is 5.93. The SMILES string of the molecule is COCCC(=O)N[C@@H](CC(=O)NC[C@@H]1CCCN(C=NN)C1)C(=O)N(CCNC(=O)c1cnccn1)C1CC1. The van der Waals surface area contributed by atoms with Gasteiger partial charge in [0.1, 0.15) is 18.1 Å². The van der Waals surface area contributed by atoms with Gasteiger partial charge < -0.3 is 36.3 Å². The number of hydrogen-bond acceptors (Lipinski definition) is 9. The number of nitrogens with one attached hydrogen (secondary N) is 3. The van der Waals surface area contributed by atoms with Crippen LogP contribution in [0.2, 0.25) is 0 Å². The molecule has 5 N–H and O–H groups in total. The summed E-state index contributed by atoms with van der Waals surface area (Å²) in [5.41, 5.74) is 0.179. The maximum absolute atomic E-state index is 13.6. The first-order valence-electron chi connectivity index (χ1n) is 13.3. The fourth-order valence-electron chi connectivity index (χ4n) is 4.50. The quantitative estimate of drug-likeness (QED) is 0.0913. The van der Waals surface area contributed by atoms with Gasteiger partial charge in [-0.1, -0.05) is 0 Å². The molecular formula is C25H39N9O5. The predicted octanol–water partition coefficient (Wildman–Crippen LogP) is -1.16. The molecule has 1 aliphatic carbocycles. The van der Waals surface area contributed by atoms with Crippen molar-refractivity contribution in [3.05, 3.63) is 24.3 Å². The average Bonchev–Trinajstić information content (AvgIpc) is 3.78. The van der Waals surface area contributed by atoms with Crippen molar-refractivity contribution in [3.8, 4) is 0 Å². The summed E-state index contributed by atoms with van der Waals surface area (Å²) in [6.07, 6.45) is 9.31. The molecule has 14 heteroatoms. The zero-order valence-electron chi connectivity index (χ0n) is 22.4. The van der Waals surface area contributed by atoms with Crippen LogP contribution in [0, 0.1) is 5.92 Å². The monoisotopic (exact) mass is 545 g/mol. The molecule has 2 aliphatic rings. The normalized spacial score (nSPS) is 17.9. The Bertz CT molecular complexity index is 989. The Morgan fingerprint density at radius 2 is 2.05 bits per heavy atom. The lowest BCUT2D eigenvalue weighted by Gasteiger charge is -2.31. The molecule has 39 heavy (non-hydrogen) atoms. The molecule has 1 aromatic rings. The van der Waals surface area contributed by atoms with Gasteiger partial charge in [-0.2, -0.15) is 5.10 Å². The Kier molecular flexibility index (Phi) is 11.9. The highest BCUT2D eigenvalue weighted by Gasteiger charge is 2.37. The van der Waals surface area contributed by atoms with Crippen molar-refractivity contribution in [3.63, 3.8) is 0 Å². The molecule has 14 nitrogen and oxygen atoms in total. The largest absolute Gasteiger partial charge is 0.384 e. The zero-order chi connectivity index (χ0) is 28.0. The highest BCUT2D eigenvalue weighted by Crippen LogP contribution is 2.27. The standard InChI is InChI=1S/C25H39N9O5/c1-39-12-6-22(35)32-20(13-23(36)30-14-18-3-2-10-33(16-18)17-31-26)25(38)34(19-4-5-19)11-9-29-24(37)21-15-27-7-8-28-21/h7-8,15,17-20H,2-6,9-14,16,26H2,1H3,(H,29,37)(H,30,36)(H,32,35)/t18-,20-/m0/s1. The zero-order valence-corrected chi connectivity index (χ0v) is 22.4. The summed E-state index contributed by atoms with van der Waals surface area (Å²) in [4.78, 5) is 62.7. The summed E-state index contributed by atoms with van der Waals surface area (Å²) in [6.45, 7) is 2.68. The summed E-state index contributed by atoms with van der Waals surface area (Å²) in [6, 6.07) is -1.03. The molecule has 0 radical (unpaired) electrons. The van der Waals surface area contributed by atoms with E-state index in [1.54, 1.807) is 11.2 Å². The van der Waals surface area contributed by atoms with Gasteiger partial charge in [-0.25, -0.2) is 4.98 Å². The molecule has 1 aliphatic heterocycles. The van der Waals surface area contributed by atoms with Gasteiger partial charge in [0.15, 0.2) is 0 Å². The van der Waals surface area contributed by atoms with Crippen LogP contribution in [0.3, 0.4) is 0 Å². The van der Waals surface area contributed by atoms with E-state index < -0.39 is 11.9 Å². The number of piperidine rings is 1. The number of likely N-dealkylation sites (tertiary alicyclic amines) is 1. The molecular weight excluding hydrogens is 506 g/mol. The molecule has 2 atom stereocenters. The Labute approximate surface area is 228 Å². The maximum Gasteiger partial charge on any atom is 0.271 e. The van der Waals surface area contributed by atoms with Crippen LogP contribution >= 0.6 is 0 Å². The molecule has 1 saturated heterocycles.